The van der Waals surface area contributed by atoms with Crippen LogP contribution >= 0.6 is 0 Å². The normalized spacial score (nSPS) is 29.0. The van der Waals surface area contributed by atoms with Crippen molar-refractivity contribution in [3.8, 4) is 0 Å². The van der Waals surface area contributed by atoms with E-state index in [2.05, 4.69) is 19.8 Å². The monoisotopic (exact) mass is 288 g/mol. The first-order chi connectivity index (χ1) is 10.3. The highest BCUT2D eigenvalue weighted by Gasteiger charge is 2.36. The van der Waals surface area contributed by atoms with Crippen LogP contribution in [0.25, 0.3) is 0 Å². The molecular formula is C15H24N6. The van der Waals surface area contributed by atoms with Gasteiger partial charge in [-0.1, -0.05) is 6.42 Å². The lowest BCUT2D eigenvalue weighted by molar-refractivity contribution is 0.358. The summed E-state index contributed by atoms with van der Waals surface area (Å²) in [5, 5.41) is 0. The van der Waals surface area contributed by atoms with Gasteiger partial charge in [0.05, 0.1) is 0 Å². The molecule has 2 unspecified atom stereocenters. The molecule has 1 aliphatic carbocycles. The molecule has 1 aromatic rings. The minimum absolute atomic E-state index is 0.363. The highest BCUT2D eigenvalue weighted by Crippen LogP contribution is 2.38. The second kappa shape index (κ2) is 5.31. The van der Waals surface area contributed by atoms with Gasteiger partial charge in [0.15, 0.2) is 0 Å². The Morgan fingerprint density at radius 3 is 2.43 bits per heavy atom. The molecule has 2 saturated heterocycles. The standard InChI is InChI=1S/C15H24N6/c16-13-17-14(20-8-1-2-9-20)19-15(18-13)21-10-4-6-11-5-3-7-12(11)21/h11-12H,1-10H2,(H2,16,17,18,19). The van der Waals surface area contributed by atoms with Crippen LogP contribution in [0.4, 0.5) is 17.8 Å². The predicted octanol–water partition coefficient (Wildman–Crippen LogP) is 1.82. The van der Waals surface area contributed by atoms with E-state index in [1.54, 1.807) is 0 Å². The minimum Gasteiger partial charge on any atom is -0.368 e. The van der Waals surface area contributed by atoms with Gasteiger partial charge in [0.1, 0.15) is 0 Å². The quantitative estimate of drug-likeness (QED) is 0.895. The number of anilines is 3. The van der Waals surface area contributed by atoms with Gasteiger partial charge in [0, 0.05) is 25.7 Å². The van der Waals surface area contributed by atoms with Crippen molar-refractivity contribution in [1.29, 1.82) is 0 Å². The summed E-state index contributed by atoms with van der Waals surface area (Å²) in [5.41, 5.74) is 5.96. The smallest absolute Gasteiger partial charge is 0.232 e. The molecule has 3 fully saturated rings. The largest absolute Gasteiger partial charge is 0.368 e. The van der Waals surface area contributed by atoms with E-state index in [9.17, 15) is 0 Å². The van der Waals surface area contributed by atoms with Gasteiger partial charge in [-0.15, -0.1) is 0 Å². The highest BCUT2D eigenvalue weighted by atomic mass is 15.4. The Balaban J connectivity index is 1.64. The third kappa shape index (κ3) is 2.40. The van der Waals surface area contributed by atoms with Gasteiger partial charge in [-0.05, 0) is 44.4 Å². The predicted molar refractivity (Wildman–Crippen MR) is 83.4 cm³/mol. The van der Waals surface area contributed by atoms with Gasteiger partial charge in [0.2, 0.25) is 17.8 Å². The van der Waals surface area contributed by atoms with Gasteiger partial charge in [-0.3, -0.25) is 0 Å². The van der Waals surface area contributed by atoms with E-state index >= 15 is 0 Å². The molecule has 1 aromatic heterocycles. The lowest BCUT2D eigenvalue weighted by Crippen LogP contribution is -2.44. The lowest BCUT2D eigenvalue weighted by atomic mass is 9.92. The van der Waals surface area contributed by atoms with Crippen molar-refractivity contribution in [3.05, 3.63) is 0 Å². The SMILES string of the molecule is Nc1nc(N2CCCC2)nc(N2CCCC3CCCC32)n1. The first-order valence-electron chi connectivity index (χ1n) is 8.34. The molecule has 0 spiro atoms. The number of nitrogens with zero attached hydrogens (tertiary/aromatic N) is 5. The summed E-state index contributed by atoms with van der Waals surface area (Å²) >= 11 is 0. The summed E-state index contributed by atoms with van der Waals surface area (Å²) in [7, 11) is 0. The zero-order chi connectivity index (χ0) is 14.2. The number of rotatable bonds is 2. The summed E-state index contributed by atoms with van der Waals surface area (Å²) in [6.07, 6.45) is 9.01. The molecule has 6 heteroatoms. The summed E-state index contributed by atoms with van der Waals surface area (Å²) in [6.45, 7) is 3.13. The van der Waals surface area contributed by atoms with Gasteiger partial charge in [0.25, 0.3) is 0 Å². The molecule has 0 aromatic carbocycles. The highest BCUT2D eigenvalue weighted by molar-refractivity contribution is 5.45. The molecule has 3 heterocycles. The third-order valence-electron chi connectivity index (χ3n) is 5.27. The van der Waals surface area contributed by atoms with Crippen molar-refractivity contribution in [2.45, 2.75) is 51.0 Å². The third-order valence-corrected chi connectivity index (χ3v) is 5.27. The Labute approximate surface area is 125 Å². The molecule has 2 N–H and O–H groups in total. The number of hydrogen-bond acceptors (Lipinski definition) is 6. The van der Waals surface area contributed by atoms with Gasteiger partial charge in [-0.2, -0.15) is 15.0 Å². The average Bonchev–Trinajstić information content (AvgIpc) is 3.17. The first-order valence-corrected chi connectivity index (χ1v) is 8.34. The van der Waals surface area contributed by atoms with E-state index in [1.165, 1.54) is 44.9 Å². The Kier molecular flexibility index (Phi) is 3.31. The first kappa shape index (κ1) is 13.1. The zero-order valence-corrected chi connectivity index (χ0v) is 12.5. The minimum atomic E-state index is 0.363. The van der Waals surface area contributed by atoms with Crippen molar-refractivity contribution in [2.75, 3.05) is 35.2 Å². The van der Waals surface area contributed by atoms with E-state index in [1.807, 2.05) is 0 Å². The number of nitrogen functional groups attached to an aromatic ring is 1. The fraction of sp³-hybridized carbons (Fsp3) is 0.800. The molecule has 0 amide bonds. The molecule has 0 bridgehead atoms. The van der Waals surface area contributed by atoms with Crippen LogP contribution in [0.3, 0.4) is 0 Å². The second-order valence-electron chi connectivity index (χ2n) is 6.58. The Morgan fingerprint density at radius 1 is 0.810 bits per heavy atom. The van der Waals surface area contributed by atoms with Crippen LogP contribution in [0.5, 0.6) is 0 Å². The molecule has 3 aliphatic rings. The molecule has 2 aliphatic heterocycles. The maximum atomic E-state index is 5.96. The van der Waals surface area contributed by atoms with Crippen LogP contribution in [0.1, 0.15) is 44.9 Å². The van der Waals surface area contributed by atoms with Crippen LogP contribution in [0, 0.1) is 5.92 Å². The molecule has 2 atom stereocenters. The van der Waals surface area contributed by atoms with Crippen LogP contribution < -0.4 is 15.5 Å². The Hall–Kier alpha value is -1.59. The van der Waals surface area contributed by atoms with Crippen molar-refractivity contribution in [3.63, 3.8) is 0 Å². The Morgan fingerprint density at radius 2 is 1.57 bits per heavy atom. The summed E-state index contributed by atoms with van der Waals surface area (Å²) in [6, 6.07) is 0.618. The van der Waals surface area contributed by atoms with Gasteiger partial charge >= 0.3 is 0 Å². The maximum absolute atomic E-state index is 5.96. The topological polar surface area (TPSA) is 71.2 Å². The van der Waals surface area contributed by atoms with E-state index in [4.69, 9.17) is 10.7 Å². The Bertz CT molecular complexity index is 513. The van der Waals surface area contributed by atoms with Gasteiger partial charge < -0.3 is 15.5 Å². The number of aromatic nitrogens is 3. The fourth-order valence-electron chi connectivity index (χ4n) is 4.26. The number of nitrogens with two attached hydrogens (primary N) is 1. The van der Waals surface area contributed by atoms with Crippen LogP contribution in [-0.2, 0) is 0 Å². The van der Waals surface area contributed by atoms with Crippen molar-refractivity contribution >= 4 is 17.8 Å². The maximum Gasteiger partial charge on any atom is 0.232 e. The van der Waals surface area contributed by atoms with Crippen LogP contribution in [0.2, 0.25) is 0 Å². The molecule has 114 valence electrons. The van der Waals surface area contributed by atoms with E-state index in [0.29, 0.717) is 12.0 Å². The molecule has 1 saturated carbocycles. The molecule has 0 radical (unpaired) electrons. The lowest BCUT2D eigenvalue weighted by Gasteiger charge is -2.38. The van der Waals surface area contributed by atoms with Crippen molar-refractivity contribution in [1.82, 2.24) is 15.0 Å². The molecule has 21 heavy (non-hydrogen) atoms. The molecule has 4 rings (SSSR count). The molecule has 6 nitrogen and oxygen atoms in total. The van der Waals surface area contributed by atoms with E-state index < -0.39 is 0 Å². The summed E-state index contributed by atoms with van der Waals surface area (Å²) < 4.78 is 0. The van der Waals surface area contributed by atoms with E-state index in [0.717, 1.165) is 37.4 Å². The summed E-state index contributed by atoms with van der Waals surface area (Å²) in [5.74, 6) is 2.77. The molecular weight excluding hydrogens is 264 g/mol. The summed E-state index contributed by atoms with van der Waals surface area (Å²) in [4.78, 5) is 18.2. The van der Waals surface area contributed by atoms with Crippen molar-refractivity contribution < 1.29 is 0 Å². The fourth-order valence-corrected chi connectivity index (χ4v) is 4.26. The van der Waals surface area contributed by atoms with E-state index in [-0.39, 0.29) is 0 Å². The number of fused-ring (bicyclic) bond motifs is 1. The van der Waals surface area contributed by atoms with Gasteiger partial charge in [-0.25, -0.2) is 0 Å². The van der Waals surface area contributed by atoms with Crippen LogP contribution in [-0.4, -0.2) is 40.6 Å². The number of hydrogen-bond donors (Lipinski definition) is 1. The van der Waals surface area contributed by atoms with Crippen LogP contribution in [0.15, 0.2) is 0 Å². The second-order valence-corrected chi connectivity index (χ2v) is 6.58. The van der Waals surface area contributed by atoms with Crippen molar-refractivity contribution in [2.24, 2.45) is 5.92 Å². The zero-order valence-electron chi connectivity index (χ0n) is 12.5. The average molecular weight is 288 g/mol. The number of piperidine rings is 1.